The topological polar surface area (TPSA) is 57.5 Å². The van der Waals surface area contributed by atoms with E-state index in [2.05, 4.69) is 10.2 Å². The van der Waals surface area contributed by atoms with Crippen LogP contribution in [0.25, 0.3) is 0 Å². The van der Waals surface area contributed by atoms with E-state index in [1.807, 2.05) is 6.07 Å². The minimum Gasteiger partial charge on any atom is -0.495 e. The van der Waals surface area contributed by atoms with Crippen molar-refractivity contribution in [2.75, 3.05) is 39.9 Å². The van der Waals surface area contributed by atoms with Crippen molar-refractivity contribution in [1.82, 2.24) is 10.2 Å². The van der Waals surface area contributed by atoms with Crippen LogP contribution in [-0.4, -0.2) is 50.8 Å². The highest BCUT2D eigenvalue weighted by Crippen LogP contribution is 2.35. The Balaban J connectivity index is 1.89. The third-order valence-electron chi connectivity index (χ3n) is 4.16. The van der Waals surface area contributed by atoms with Crippen molar-refractivity contribution >= 4 is 0 Å². The first kappa shape index (κ1) is 14.3. The van der Waals surface area contributed by atoms with Gasteiger partial charge in [0.15, 0.2) is 0 Å². The van der Waals surface area contributed by atoms with E-state index in [0.717, 1.165) is 31.7 Å². The molecule has 5 nitrogen and oxygen atoms in total. The Hall–Kier alpha value is -1.68. The lowest BCUT2D eigenvalue weighted by atomic mass is 10.0. The number of ether oxygens (including phenoxy) is 2. The molecule has 112 valence electrons. The maximum Gasteiger partial charge on any atom is 0.145 e. The van der Waals surface area contributed by atoms with Crippen molar-refractivity contribution in [1.29, 1.82) is 5.26 Å². The Labute approximate surface area is 123 Å². The largest absolute Gasteiger partial charge is 0.495 e. The van der Waals surface area contributed by atoms with Gasteiger partial charge in [0.1, 0.15) is 23.2 Å². The van der Waals surface area contributed by atoms with Gasteiger partial charge in [-0.05, 0) is 12.1 Å². The van der Waals surface area contributed by atoms with Gasteiger partial charge in [-0.15, -0.1) is 0 Å². The normalized spacial score (nSPS) is 26.0. The van der Waals surface area contributed by atoms with Crippen LogP contribution in [0.1, 0.15) is 17.2 Å². The Morgan fingerprint density at radius 3 is 3.14 bits per heavy atom. The average Bonchev–Trinajstić information content (AvgIpc) is 2.54. The predicted molar refractivity (Wildman–Crippen MR) is 74.6 cm³/mol. The number of nitrogens with one attached hydrogen (secondary N) is 1. The van der Waals surface area contributed by atoms with Gasteiger partial charge in [-0.3, -0.25) is 4.90 Å². The number of piperazine rings is 1. The van der Waals surface area contributed by atoms with Crippen LogP contribution in [0.2, 0.25) is 0 Å². The summed E-state index contributed by atoms with van der Waals surface area (Å²) in [5, 5.41) is 12.5. The summed E-state index contributed by atoms with van der Waals surface area (Å²) >= 11 is 0. The average molecular weight is 291 g/mol. The molecule has 0 unspecified atom stereocenters. The Bertz CT molecular complexity index is 573. The molecule has 0 saturated carbocycles. The zero-order valence-corrected chi connectivity index (χ0v) is 11.9. The summed E-state index contributed by atoms with van der Waals surface area (Å²) in [6.07, 6.45) is -0.193. The lowest BCUT2D eigenvalue weighted by molar-refractivity contribution is -0.0724. The SMILES string of the molecule is COc1c([C@@H]2CN3CCNC[C@H]3CO2)ccc(F)c1C#N. The number of benzene rings is 1. The van der Waals surface area contributed by atoms with Gasteiger partial charge < -0.3 is 14.8 Å². The number of rotatable bonds is 2. The van der Waals surface area contributed by atoms with E-state index in [-0.39, 0.29) is 17.4 Å². The second-order valence-corrected chi connectivity index (χ2v) is 5.33. The summed E-state index contributed by atoms with van der Waals surface area (Å²) in [6, 6.07) is 5.22. The number of nitrogens with zero attached hydrogens (tertiary/aromatic N) is 2. The van der Waals surface area contributed by atoms with E-state index in [1.54, 1.807) is 6.07 Å². The van der Waals surface area contributed by atoms with Crippen LogP contribution in [-0.2, 0) is 4.74 Å². The van der Waals surface area contributed by atoms with E-state index >= 15 is 0 Å². The van der Waals surface area contributed by atoms with Crippen molar-refractivity contribution in [3.63, 3.8) is 0 Å². The molecule has 2 heterocycles. The molecule has 1 aromatic rings. The molecule has 2 aliphatic rings. The minimum absolute atomic E-state index is 0.0546. The summed E-state index contributed by atoms with van der Waals surface area (Å²) in [6.45, 7) is 4.22. The Morgan fingerprint density at radius 1 is 1.52 bits per heavy atom. The summed E-state index contributed by atoms with van der Waals surface area (Å²) in [4.78, 5) is 2.37. The second-order valence-electron chi connectivity index (χ2n) is 5.33. The molecule has 2 aliphatic heterocycles. The second kappa shape index (κ2) is 5.98. The van der Waals surface area contributed by atoms with Gasteiger partial charge in [-0.2, -0.15) is 5.26 Å². The van der Waals surface area contributed by atoms with Crippen molar-refractivity contribution in [2.45, 2.75) is 12.1 Å². The number of halogens is 1. The standard InChI is InChI=1S/C15H18FN3O2/c1-20-15-11(2-3-13(16)12(15)6-17)14-8-19-5-4-18-7-10(19)9-21-14/h2-3,10,14,18H,4-5,7-9H2,1H3/t10-,14-/m0/s1. The molecule has 0 aromatic heterocycles. The molecule has 21 heavy (non-hydrogen) atoms. The molecular formula is C15H18FN3O2. The molecule has 0 amide bonds. The van der Waals surface area contributed by atoms with Crippen LogP contribution in [0.4, 0.5) is 4.39 Å². The van der Waals surface area contributed by atoms with E-state index in [0.29, 0.717) is 12.6 Å². The first-order valence-corrected chi connectivity index (χ1v) is 7.07. The molecule has 1 aromatic carbocycles. The zero-order valence-electron chi connectivity index (χ0n) is 11.9. The predicted octanol–water partition coefficient (Wildman–Crippen LogP) is 1.05. The van der Waals surface area contributed by atoms with Gasteiger partial charge in [0, 0.05) is 37.8 Å². The molecule has 1 N–H and O–H groups in total. The lowest BCUT2D eigenvalue weighted by Gasteiger charge is -2.43. The summed E-state index contributed by atoms with van der Waals surface area (Å²) in [5.74, 6) is -0.273. The number of fused-ring (bicyclic) bond motifs is 1. The highest BCUT2D eigenvalue weighted by Gasteiger charge is 2.33. The number of nitriles is 1. The van der Waals surface area contributed by atoms with Crippen molar-refractivity contribution in [3.05, 3.63) is 29.1 Å². The quantitative estimate of drug-likeness (QED) is 0.882. The summed E-state index contributed by atoms with van der Waals surface area (Å²) in [7, 11) is 1.45. The fourth-order valence-electron chi connectivity index (χ4n) is 3.04. The van der Waals surface area contributed by atoms with Crippen LogP contribution >= 0.6 is 0 Å². The molecule has 2 saturated heterocycles. The van der Waals surface area contributed by atoms with Gasteiger partial charge >= 0.3 is 0 Å². The number of hydrogen-bond donors (Lipinski definition) is 1. The zero-order chi connectivity index (χ0) is 14.8. The van der Waals surface area contributed by atoms with Crippen LogP contribution in [0.3, 0.4) is 0 Å². The summed E-state index contributed by atoms with van der Waals surface area (Å²) in [5.41, 5.74) is 0.688. The lowest BCUT2D eigenvalue weighted by Crippen LogP contribution is -2.57. The van der Waals surface area contributed by atoms with Gasteiger partial charge in [0.05, 0.1) is 19.8 Å². The molecule has 0 aliphatic carbocycles. The fraction of sp³-hybridized carbons (Fsp3) is 0.533. The van der Waals surface area contributed by atoms with E-state index < -0.39 is 5.82 Å². The number of morpholine rings is 1. The van der Waals surface area contributed by atoms with Crippen LogP contribution in [0.15, 0.2) is 12.1 Å². The van der Waals surface area contributed by atoms with Crippen LogP contribution in [0, 0.1) is 17.1 Å². The van der Waals surface area contributed by atoms with Crippen LogP contribution in [0.5, 0.6) is 5.75 Å². The molecule has 0 radical (unpaired) electrons. The third kappa shape index (κ3) is 2.60. The fourth-order valence-corrected chi connectivity index (χ4v) is 3.04. The molecule has 6 heteroatoms. The number of methoxy groups -OCH3 is 1. The molecule has 2 fully saturated rings. The molecular weight excluding hydrogens is 273 g/mol. The van der Waals surface area contributed by atoms with Crippen molar-refractivity contribution in [3.8, 4) is 11.8 Å². The van der Waals surface area contributed by atoms with Crippen molar-refractivity contribution in [2.24, 2.45) is 0 Å². The summed E-state index contributed by atoms with van der Waals surface area (Å²) < 4.78 is 24.9. The van der Waals surface area contributed by atoms with Gasteiger partial charge in [-0.1, -0.05) is 0 Å². The minimum atomic E-state index is -0.561. The smallest absolute Gasteiger partial charge is 0.145 e. The van der Waals surface area contributed by atoms with Crippen molar-refractivity contribution < 1.29 is 13.9 Å². The molecule has 0 bridgehead atoms. The van der Waals surface area contributed by atoms with Gasteiger partial charge in [0.2, 0.25) is 0 Å². The van der Waals surface area contributed by atoms with Gasteiger partial charge in [0.25, 0.3) is 0 Å². The first-order valence-electron chi connectivity index (χ1n) is 7.07. The highest BCUT2D eigenvalue weighted by atomic mass is 19.1. The van der Waals surface area contributed by atoms with E-state index in [4.69, 9.17) is 14.7 Å². The monoisotopic (exact) mass is 291 g/mol. The molecule has 2 atom stereocenters. The third-order valence-corrected chi connectivity index (χ3v) is 4.16. The van der Waals surface area contributed by atoms with Gasteiger partial charge in [-0.25, -0.2) is 4.39 Å². The molecule has 3 rings (SSSR count). The Kier molecular flexibility index (Phi) is 4.06. The van der Waals surface area contributed by atoms with E-state index in [9.17, 15) is 4.39 Å². The number of hydrogen-bond acceptors (Lipinski definition) is 5. The van der Waals surface area contributed by atoms with E-state index in [1.165, 1.54) is 13.2 Å². The van der Waals surface area contributed by atoms with Crippen LogP contribution < -0.4 is 10.1 Å². The maximum absolute atomic E-state index is 13.7. The maximum atomic E-state index is 13.7. The molecule has 0 spiro atoms. The highest BCUT2D eigenvalue weighted by molar-refractivity contribution is 5.50. The Morgan fingerprint density at radius 2 is 2.38 bits per heavy atom. The first-order chi connectivity index (χ1) is 10.2.